The molecule has 11 rings (SSSR count). The summed E-state index contributed by atoms with van der Waals surface area (Å²) in [6, 6.07) is 54.5. The molecule has 0 bridgehead atoms. The number of para-hydroxylation sites is 3. The van der Waals surface area contributed by atoms with Crippen molar-refractivity contribution in [2.75, 3.05) is 22.3 Å². The third-order valence-electron chi connectivity index (χ3n) is 13.1. The Morgan fingerprint density at radius 2 is 1.17 bits per heavy atom. The summed E-state index contributed by atoms with van der Waals surface area (Å²) in [6.45, 7) is 4.80. The summed E-state index contributed by atoms with van der Waals surface area (Å²) >= 11 is 0. The Balaban J connectivity index is 0.947. The molecule has 2 atom stereocenters. The predicted octanol–water partition coefficient (Wildman–Crippen LogP) is 14.7. The quantitative estimate of drug-likeness (QED) is 0.165. The topological polar surface area (TPSA) is 6.48 Å². The highest BCUT2D eigenvalue weighted by Crippen LogP contribution is 2.64. The average Bonchev–Trinajstić information content (AvgIpc) is 3.36. The number of hydrogen-bond donors (Lipinski definition) is 0. The minimum absolute atomic E-state index is 0.144. The first-order chi connectivity index (χ1) is 28.3. The Hall–Kier alpha value is -6.29. The van der Waals surface area contributed by atoms with Crippen LogP contribution < -0.4 is 9.80 Å². The molecule has 7 aromatic carbocycles. The van der Waals surface area contributed by atoms with Crippen LogP contribution in [0.5, 0.6) is 0 Å². The molecular weight excluding hydrogens is 721 g/mol. The highest BCUT2D eigenvalue weighted by Gasteiger charge is 2.43. The van der Waals surface area contributed by atoms with Crippen molar-refractivity contribution >= 4 is 73.5 Å². The van der Waals surface area contributed by atoms with Gasteiger partial charge < -0.3 is 9.80 Å². The van der Waals surface area contributed by atoms with Gasteiger partial charge in [-0.3, -0.25) is 0 Å². The molecule has 4 aliphatic rings. The lowest BCUT2D eigenvalue weighted by Gasteiger charge is -2.53. The van der Waals surface area contributed by atoms with Crippen LogP contribution in [-0.2, 0) is 5.41 Å². The van der Waals surface area contributed by atoms with Gasteiger partial charge in [0, 0.05) is 26.6 Å². The first-order valence-corrected chi connectivity index (χ1v) is 22.9. The van der Waals surface area contributed by atoms with Gasteiger partial charge in [-0.05, 0) is 105 Å². The Kier molecular flexibility index (Phi) is 7.90. The SMILES string of the molecule is CC1(C)c2cc(C=Cc3ccc(N4c5ccccc5C=Cc5ccccc54)c4ccccc34)ccc2-c2ccc(N3c4ccccc4S(C)(C)C4C=CC=CC43)cc21. The van der Waals surface area contributed by atoms with Gasteiger partial charge in [-0.15, -0.1) is 0 Å². The van der Waals surface area contributed by atoms with Gasteiger partial charge >= 0.3 is 0 Å². The van der Waals surface area contributed by atoms with Crippen LogP contribution in [0.3, 0.4) is 0 Å². The molecular formula is C55H46N2S. The van der Waals surface area contributed by atoms with Crippen LogP contribution in [0.15, 0.2) is 175 Å². The van der Waals surface area contributed by atoms with E-state index in [9.17, 15) is 0 Å². The van der Waals surface area contributed by atoms with Crippen LogP contribution in [0.2, 0.25) is 0 Å². The highest BCUT2D eigenvalue weighted by molar-refractivity contribution is 8.33. The Labute approximate surface area is 344 Å². The standard InChI is InChI=1S/C55H46N2S/c1-55(2)46-35-37(26-32-43(46)44-33-31-41(36-47(44)55)56-51-21-11-13-23-53(51)58(3,4)54-24-14-12-22-52(54)56)25-27-38-30-34-50(45-18-8-7-17-42(38)45)57-48-19-9-5-15-39(48)28-29-40-16-6-10-20-49(40)57/h5-36,51,53H,1-4H3. The van der Waals surface area contributed by atoms with Crippen molar-refractivity contribution in [1.29, 1.82) is 0 Å². The molecule has 3 heteroatoms. The number of benzene rings is 7. The van der Waals surface area contributed by atoms with Crippen LogP contribution in [-0.4, -0.2) is 23.8 Å². The van der Waals surface area contributed by atoms with Crippen molar-refractivity contribution in [2.24, 2.45) is 0 Å². The fourth-order valence-corrected chi connectivity index (χ4v) is 13.0. The lowest BCUT2D eigenvalue weighted by Crippen LogP contribution is -2.45. The second-order valence-corrected chi connectivity index (χ2v) is 20.8. The molecule has 0 spiro atoms. The lowest BCUT2D eigenvalue weighted by atomic mass is 9.81. The summed E-state index contributed by atoms with van der Waals surface area (Å²) in [5.74, 6) is 0. The molecule has 2 aliphatic heterocycles. The smallest absolute Gasteiger partial charge is 0.0668 e. The van der Waals surface area contributed by atoms with E-state index in [1.807, 2.05) is 0 Å². The molecule has 7 aromatic rings. The van der Waals surface area contributed by atoms with Gasteiger partial charge in [0.15, 0.2) is 0 Å². The first kappa shape index (κ1) is 34.9. The second-order valence-electron chi connectivity index (χ2n) is 17.0. The van der Waals surface area contributed by atoms with Gasteiger partial charge in [0.2, 0.25) is 0 Å². The van der Waals surface area contributed by atoms with Gasteiger partial charge in [-0.1, -0.05) is 166 Å². The number of rotatable bonds is 4. The summed E-state index contributed by atoms with van der Waals surface area (Å²) in [5, 5.41) is 2.93. The van der Waals surface area contributed by atoms with E-state index < -0.39 is 10.0 Å². The van der Waals surface area contributed by atoms with Crippen molar-refractivity contribution in [1.82, 2.24) is 0 Å². The van der Waals surface area contributed by atoms with Crippen molar-refractivity contribution in [3.63, 3.8) is 0 Å². The normalized spacial score (nSPS) is 19.5. The van der Waals surface area contributed by atoms with E-state index >= 15 is 0 Å². The monoisotopic (exact) mass is 766 g/mol. The lowest BCUT2D eigenvalue weighted by molar-refractivity contribution is 0.659. The Morgan fingerprint density at radius 3 is 1.93 bits per heavy atom. The summed E-state index contributed by atoms with van der Waals surface area (Å²) in [6.07, 6.45) is 23.4. The second kappa shape index (κ2) is 13.1. The van der Waals surface area contributed by atoms with Crippen LogP contribution in [0, 0.1) is 0 Å². The third kappa shape index (κ3) is 5.26. The largest absolute Gasteiger partial charge is 0.332 e. The molecule has 0 N–H and O–H groups in total. The summed E-state index contributed by atoms with van der Waals surface area (Å²) in [7, 11) is -1.03. The maximum Gasteiger partial charge on any atom is 0.0668 e. The maximum atomic E-state index is 2.61. The van der Waals surface area contributed by atoms with Crippen molar-refractivity contribution < 1.29 is 0 Å². The molecule has 2 heterocycles. The van der Waals surface area contributed by atoms with Gasteiger partial charge in [-0.2, -0.15) is 0 Å². The number of nitrogens with zero attached hydrogens (tertiary/aromatic N) is 2. The number of hydrogen-bond acceptors (Lipinski definition) is 2. The maximum absolute atomic E-state index is 2.61. The van der Waals surface area contributed by atoms with Gasteiger partial charge in [0.05, 0.1) is 28.8 Å². The molecule has 0 amide bonds. The summed E-state index contributed by atoms with van der Waals surface area (Å²) in [5.41, 5.74) is 16.3. The van der Waals surface area contributed by atoms with Gasteiger partial charge in [0.1, 0.15) is 0 Å². The Morgan fingerprint density at radius 1 is 0.552 bits per heavy atom. The molecule has 0 aromatic heterocycles. The van der Waals surface area contributed by atoms with Crippen molar-refractivity contribution in [3.8, 4) is 11.1 Å². The number of fused-ring (bicyclic) bond motifs is 8. The minimum atomic E-state index is -1.03. The molecule has 0 saturated carbocycles. The highest BCUT2D eigenvalue weighted by atomic mass is 32.3. The van der Waals surface area contributed by atoms with E-state index in [1.165, 1.54) is 88.6 Å². The van der Waals surface area contributed by atoms with E-state index in [0.29, 0.717) is 11.3 Å². The van der Waals surface area contributed by atoms with Gasteiger partial charge in [-0.25, -0.2) is 10.0 Å². The zero-order chi connectivity index (χ0) is 39.2. The summed E-state index contributed by atoms with van der Waals surface area (Å²) < 4.78 is 0. The zero-order valence-corrected chi connectivity index (χ0v) is 34.2. The molecule has 2 nitrogen and oxygen atoms in total. The van der Waals surface area contributed by atoms with Crippen LogP contribution in [0.25, 0.3) is 46.2 Å². The van der Waals surface area contributed by atoms with Crippen LogP contribution in [0.4, 0.5) is 28.4 Å². The van der Waals surface area contributed by atoms with E-state index in [-0.39, 0.29) is 5.41 Å². The fraction of sp³-hybridized carbons (Fsp3) is 0.127. The van der Waals surface area contributed by atoms with Crippen LogP contribution in [0.1, 0.15) is 47.2 Å². The van der Waals surface area contributed by atoms with E-state index in [1.54, 1.807) is 0 Å². The van der Waals surface area contributed by atoms with E-state index in [2.05, 4.69) is 230 Å². The average molecular weight is 767 g/mol. The van der Waals surface area contributed by atoms with Crippen LogP contribution >= 0.6 is 10.0 Å². The molecule has 2 unspecified atom stereocenters. The molecule has 0 radical (unpaired) electrons. The van der Waals surface area contributed by atoms with Crippen molar-refractivity contribution in [2.45, 2.75) is 35.4 Å². The molecule has 282 valence electrons. The van der Waals surface area contributed by atoms with Gasteiger partial charge in [0.25, 0.3) is 0 Å². The minimum Gasteiger partial charge on any atom is -0.332 e. The van der Waals surface area contributed by atoms with E-state index in [4.69, 9.17) is 0 Å². The third-order valence-corrected chi connectivity index (χ3v) is 16.4. The molecule has 58 heavy (non-hydrogen) atoms. The number of allylic oxidation sites excluding steroid dienone is 2. The predicted molar refractivity (Wildman–Crippen MR) is 253 cm³/mol. The van der Waals surface area contributed by atoms with E-state index in [0.717, 1.165) is 0 Å². The van der Waals surface area contributed by atoms with Crippen molar-refractivity contribution in [3.05, 3.63) is 203 Å². The summed E-state index contributed by atoms with van der Waals surface area (Å²) in [4.78, 5) is 6.54. The molecule has 2 aliphatic carbocycles. The zero-order valence-electron chi connectivity index (χ0n) is 33.4. The molecule has 0 saturated heterocycles. The first-order valence-electron chi connectivity index (χ1n) is 20.4. The molecule has 0 fully saturated rings. The number of anilines is 5. The Bertz CT molecular complexity index is 2890. The fourth-order valence-electron chi connectivity index (χ4n) is 10.1.